The SMILES string of the molecule is CS(=O)(=O)c1cccc2c1nc(N)n2N1CCOCC1. The smallest absolute Gasteiger partial charge is 0.220 e. The number of fused-ring (bicyclic) bond motifs is 1. The van der Waals surface area contributed by atoms with Gasteiger partial charge in [0, 0.05) is 6.26 Å². The number of ether oxygens (including phenoxy) is 1. The minimum absolute atomic E-state index is 0.203. The molecule has 1 aromatic heterocycles. The third kappa shape index (κ3) is 2.10. The molecule has 0 unspecified atom stereocenters. The molecule has 20 heavy (non-hydrogen) atoms. The summed E-state index contributed by atoms with van der Waals surface area (Å²) in [5.74, 6) is 0.290. The van der Waals surface area contributed by atoms with E-state index in [0.29, 0.717) is 37.3 Å². The molecule has 0 bridgehead atoms. The number of anilines is 1. The van der Waals surface area contributed by atoms with Gasteiger partial charge >= 0.3 is 0 Å². The zero-order valence-electron chi connectivity index (χ0n) is 11.1. The van der Waals surface area contributed by atoms with E-state index >= 15 is 0 Å². The van der Waals surface area contributed by atoms with Crippen LogP contribution in [-0.4, -0.2) is 50.6 Å². The van der Waals surface area contributed by atoms with Gasteiger partial charge in [0.15, 0.2) is 9.84 Å². The van der Waals surface area contributed by atoms with Crippen molar-refractivity contribution >= 4 is 26.8 Å². The first-order chi connectivity index (χ1) is 9.48. The molecule has 3 rings (SSSR count). The zero-order valence-corrected chi connectivity index (χ0v) is 11.9. The van der Waals surface area contributed by atoms with Crippen LogP contribution in [0.15, 0.2) is 23.1 Å². The molecule has 0 spiro atoms. The Hall–Kier alpha value is -1.80. The van der Waals surface area contributed by atoms with Gasteiger partial charge in [0.1, 0.15) is 5.52 Å². The van der Waals surface area contributed by atoms with Gasteiger partial charge in [-0.2, -0.15) is 0 Å². The fourth-order valence-electron chi connectivity index (χ4n) is 2.43. The molecule has 1 aromatic carbocycles. The fraction of sp³-hybridized carbons (Fsp3) is 0.417. The molecule has 108 valence electrons. The number of nitrogens with two attached hydrogens (primary N) is 1. The van der Waals surface area contributed by atoms with Crippen LogP contribution in [0.3, 0.4) is 0 Å². The van der Waals surface area contributed by atoms with Crippen molar-refractivity contribution < 1.29 is 13.2 Å². The van der Waals surface area contributed by atoms with E-state index in [9.17, 15) is 8.42 Å². The van der Waals surface area contributed by atoms with Crippen LogP contribution in [-0.2, 0) is 14.6 Å². The summed E-state index contributed by atoms with van der Waals surface area (Å²) in [6.45, 7) is 2.62. The van der Waals surface area contributed by atoms with Gasteiger partial charge in [0.25, 0.3) is 0 Å². The van der Waals surface area contributed by atoms with E-state index in [2.05, 4.69) is 4.98 Å². The number of hydrogen-bond donors (Lipinski definition) is 1. The number of nitrogen functional groups attached to an aromatic ring is 1. The molecule has 2 heterocycles. The molecule has 8 heteroatoms. The lowest BCUT2D eigenvalue weighted by Crippen LogP contribution is -2.44. The van der Waals surface area contributed by atoms with Gasteiger partial charge in [-0.25, -0.2) is 18.1 Å². The third-order valence-electron chi connectivity index (χ3n) is 3.32. The first-order valence-electron chi connectivity index (χ1n) is 6.28. The molecular weight excluding hydrogens is 280 g/mol. The molecule has 0 atom stereocenters. The van der Waals surface area contributed by atoms with E-state index in [1.807, 2.05) is 11.1 Å². The van der Waals surface area contributed by atoms with Crippen LogP contribution < -0.4 is 10.7 Å². The second-order valence-electron chi connectivity index (χ2n) is 4.74. The van der Waals surface area contributed by atoms with Crippen molar-refractivity contribution in [3.63, 3.8) is 0 Å². The molecule has 2 aromatic rings. The zero-order chi connectivity index (χ0) is 14.3. The number of morpholine rings is 1. The number of nitrogens with zero attached hydrogens (tertiary/aromatic N) is 3. The van der Waals surface area contributed by atoms with Gasteiger partial charge in [-0.3, -0.25) is 0 Å². The Morgan fingerprint density at radius 1 is 1.30 bits per heavy atom. The second kappa shape index (κ2) is 4.64. The lowest BCUT2D eigenvalue weighted by Gasteiger charge is -2.30. The number of sulfone groups is 1. The van der Waals surface area contributed by atoms with Crippen LogP contribution >= 0.6 is 0 Å². The summed E-state index contributed by atoms with van der Waals surface area (Å²) >= 11 is 0. The number of rotatable bonds is 2. The summed E-state index contributed by atoms with van der Waals surface area (Å²) in [6.07, 6.45) is 1.17. The molecule has 0 amide bonds. The van der Waals surface area contributed by atoms with Gasteiger partial charge in [-0.15, -0.1) is 0 Å². The first-order valence-corrected chi connectivity index (χ1v) is 8.17. The normalized spacial score (nSPS) is 16.8. The van der Waals surface area contributed by atoms with Crippen molar-refractivity contribution in [1.29, 1.82) is 0 Å². The number of aromatic nitrogens is 2. The summed E-state index contributed by atoms with van der Waals surface area (Å²) in [7, 11) is -3.34. The summed E-state index contributed by atoms with van der Waals surface area (Å²) in [5.41, 5.74) is 7.09. The van der Waals surface area contributed by atoms with E-state index in [0.717, 1.165) is 0 Å². The van der Waals surface area contributed by atoms with Crippen molar-refractivity contribution in [2.45, 2.75) is 4.90 Å². The quantitative estimate of drug-likeness (QED) is 0.838. The molecule has 1 aliphatic heterocycles. The van der Waals surface area contributed by atoms with Crippen molar-refractivity contribution in [2.75, 3.05) is 43.3 Å². The lowest BCUT2D eigenvalue weighted by molar-refractivity contribution is 0.112. The Bertz CT molecular complexity index is 747. The standard InChI is InChI=1S/C12H16N4O3S/c1-20(17,18)10-4-2-3-9-11(10)14-12(13)16(9)15-5-7-19-8-6-15/h2-4H,5-8H2,1H3,(H2,13,14). The van der Waals surface area contributed by atoms with Gasteiger partial charge in [0.05, 0.1) is 36.7 Å². The molecular formula is C12H16N4O3S. The summed E-state index contributed by atoms with van der Waals surface area (Å²) in [4.78, 5) is 4.44. The maximum absolute atomic E-state index is 11.8. The Kier molecular flexibility index (Phi) is 3.06. The van der Waals surface area contributed by atoms with Crippen LogP contribution in [0.2, 0.25) is 0 Å². The van der Waals surface area contributed by atoms with Crippen molar-refractivity contribution in [1.82, 2.24) is 9.66 Å². The number of imidazole rings is 1. The molecule has 1 fully saturated rings. The van der Waals surface area contributed by atoms with Crippen molar-refractivity contribution in [3.8, 4) is 0 Å². The topological polar surface area (TPSA) is 90.4 Å². The monoisotopic (exact) mass is 296 g/mol. The highest BCUT2D eigenvalue weighted by molar-refractivity contribution is 7.91. The Morgan fingerprint density at radius 3 is 2.65 bits per heavy atom. The Balaban J connectivity index is 2.21. The second-order valence-corrected chi connectivity index (χ2v) is 6.73. The van der Waals surface area contributed by atoms with Gasteiger partial charge in [0.2, 0.25) is 5.95 Å². The molecule has 1 aliphatic rings. The van der Waals surface area contributed by atoms with E-state index in [1.54, 1.807) is 16.8 Å². The van der Waals surface area contributed by atoms with Gasteiger partial charge in [-0.05, 0) is 12.1 Å². The first kappa shape index (κ1) is 13.2. The highest BCUT2D eigenvalue weighted by Gasteiger charge is 2.21. The molecule has 2 N–H and O–H groups in total. The summed E-state index contributed by atoms with van der Waals surface area (Å²) < 4.78 is 30.7. The Morgan fingerprint density at radius 2 is 2.00 bits per heavy atom. The summed E-state index contributed by atoms with van der Waals surface area (Å²) in [5, 5.41) is 2.01. The average molecular weight is 296 g/mol. The van der Waals surface area contributed by atoms with E-state index in [4.69, 9.17) is 10.5 Å². The van der Waals surface area contributed by atoms with Crippen molar-refractivity contribution in [2.24, 2.45) is 0 Å². The summed E-state index contributed by atoms with van der Waals surface area (Å²) in [6, 6.07) is 5.08. The molecule has 1 saturated heterocycles. The van der Waals surface area contributed by atoms with Crippen molar-refractivity contribution in [3.05, 3.63) is 18.2 Å². The molecule has 0 radical (unpaired) electrons. The van der Waals surface area contributed by atoms with E-state index < -0.39 is 9.84 Å². The lowest BCUT2D eigenvalue weighted by atomic mass is 10.3. The number of para-hydroxylation sites is 1. The maximum Gasteiger partial charge on any atom is 0.220 e. The average Bonchev–Trinajstić information content (AvgIpc) is 2.74. The predicted molar refractivity (Wildman–Crippen MR) is 76.0 cm³/mol. The fourth-order valence-corrected chi connectivity index (χ4v) is 3.26. The van der Waals surface area contributed by atoms with Crippen LogP contribution in [0.4, 0.5) is 5.95 Å². The van der Waals surface area contributed by atoms with E-state index in [1.165, 1.54) is 6.26 Å². The highest BCUT2D eigenvalue weighted by Crippen LogP contribution is 2.25. The maximum atomic E-state index is 11.8. The van der Waals surface area contributed by atoms with Crippen LogP contribution in [0.5, 0.6) is 0 Å². The number of benzene rings is 1. The predicted octanol–water partition coefficient (Wildman–Crippen LogP) is -0.00980. The largest absolute Gasteiger partial charge is 0.378 e. The van der Waals surface area contributed by atoms with Crippen LogP contribution in [0, 0.1) is 0 Å². The van der Waals surface area contributed by atoms with E-state index in [-0.39, 0.29) is 10.8 Å². The Labute approximate surface area is 116 Å². The minimum Gasteiger partial charge on any atom is -0.378 e. The van der Waals surface area contributed by atoms with Crippen LogP contribution in [0.25, 0.3) is 11.0 Å². The molecule has 7 nitrogen and oxygen atoms in total. The van der Waals surface area contributed by atoms with Gasteiger partial charge < -0.3 is 15.5 Å². The highest BCUT2D eigenvalue weighted by atomic mass is 32.2. The minimum atomic E-state index is -3.34. The molecule has 0 saturated carbocycles. The number of hydrogen-bond acceptors (Lipinski definition) is 6. The third-order valence-corrected chi connectivity index (χ3v) is 4.45. The van der Waals surface area contributed by atoms with Crippen LogP contribution in [0.1, 0.15) is 0 Å². The molecule has 0 aliphatic carbocycles. The van der Waals surface area contributed by atoms with Gasteiger partial charge in [-0.1, -0.05) is 6.07 Å².